The minimum Gasteiger partial charge on any atom is -0.591 e. The molecule has 1 rings (SSSR count). The van der Waals surface area contributed by atoms with Crippen LogP contribution >= 0.6 is 0 Å². The second-order valence-electron chi connectivity index (χ2n) is 6.16. The zero-order chi connectivity index (χ0) is 18.5. The van der Waals surface area contributed by atoms with Crippen LogP contribution in [0, 0.1) is 5.92 Å². The molecule has 0 amide bonds. The van der Waals surface area contributed by atoms with Crippen molar-refractivity contribution in [1.29, 1.82) is 0 Å². The molecule has 1 N–H and O–H groups in total. The van der Waals surface area contributed by atoms with Crippen molar-refractivity contribution in [3.05, 3.63) is 30.1 Å². The Hall–Kier alpha value is -1.61. The van der Waals surface area contributed by atoms with Gasteiger partial charge < -0.3 is 9.66 Å². The summed E-state index contributed by atoms with van der Waals surface area (Å²) in [6.45, 7) is 4.92. The molecule has 0 radical (unpaired) electrons. The number of carbonyl (C=O) groups is 1. The Bertz CT molecular complexity index is 586. The van der Waals surface area contributed by atoms with Gasteiger partial charge in [0.15, 0.2) is 0 Å². The van der Waals surface area contributed by atoms with Gasteiger partial charge in [-0.15, -0.1) is 0 Å². The van der Waals surface area contributed by atoms with E-state index in [1.165, 1.54) is 12.3 Å². The molecule has 0 aliphatic heterocycles. The molecule has 24 heavy (non-hydrogen) atoms. The minimum absolute atomic E-state index is 0.118. The third-order valence-corrected chi connectivity index (χ3v) is 4.44. The van der Waals surface area contributed by atoms with Crippen molar-refractivity contribution in [2.75, 3.05) is 0 Å². The molecule has 0 aliphatic rings. The smallest absolute Gasteiger partial charge is 0.392 e. The first-order valence-corrected chi connectivity index (χ1v) is 8.21. The average Bonchev–Trinajstić information content (AvgIpc) is 2.44. The van der Waals surface area contributed by atoms with Gasteiger partial charge in [-0.3, -0.25) is 9.78 Å². The lowest BCUT2D eigenvalue weighted by molar-refractivity contribution is -0.181. The number of alkyl halides is 3. The molecule has 2 atom stereocenters. The van der Waals surface area contributed by atoms with E-state index in [0.717, 1.165) is 0 Å². The van der Waals surface area contributed by atoms with E-state index < -0.39 is 47.0 Å². The third kappa shape index (κ3) is 6.48. The van der Waals surface area contributed by atoms with Gasteiger partial charge >= 0.3 is 12.1 Å². The Balaban J connectivity index is 3.22. The zero-order valence-corrected chi connectivity index (χ0v) is 14.3. The highest BCUT2D eigenvalue weighted by Gasteiger charge is 2.42. The monoisotopic (exact) mass is 364 g/mol. The predicted molar refractivity (Wildman–Crippen MR) is 85.1 cm³/mol. The maximum Gasteiger partial charge on any atom is 0.392 e. The Morgan fingerprint density at radius 3 is 2.38 bits per heavy atom. The Morgan fingerprint density at radius 2 is 1.96 bits per heavy atom. The lowest BCUT2D eigenvalue weighted by atomic mass is 9.96. The van der Waals surface area contributed by atoms with Gasteiger partial charge in [0.05, 0.1) is 18.0 Å². The molecule has 1 aromatic heterocycles. The van der Waals surface area contributed by atoms with E-state index in [9.17, 15) is 22.5 Å². The fraction of sp³-hybridized carbons (Fsp3) is 0.533. The summed E-state index contributed by atoms with van der Waals surface area (Å²) in [5, 5.41) is 8.73. The summed E-state index contributed by atoms with van der Waals surface area (Å²) < 4.78 is 54.7. The second-order valence-corrected chi connectivity index (χ2v) is 8.06. The largest absolute Gasteiger partial charge is 0.591 e. The summed E-state index contributed by atoms with van der Waals surface area (Å²) in [6.07, 6.45) is -5.12. The van der Waals surface area contributed by atoms with E-state index in [1.807, 2.05) is 0 Å². The highest BCUT2D eigenvalue weighted by Crippen LogP contribution is 2.33. The van der Waals surface area contributed by atoms with E-state index in [4.69, 9.17) is 5.11 Å². The van der Waals surface area contributed by atoms with Crippen LogP contribution in [0.15, 0.2) is 28.8 Å². The SMILES string of the molecule is CC(C)(C)[S@@+]([O-])N=C(CC(CC(=O)O)C(F)(F)F)c1ccccn1. The first-order valence-electron chi connectivity index (χ1n) is 7.10. The maximum atomic E-state index is 13.1. The van der Waals surface area contributed by atoms with Crippen LogP contribution in [-0.2, 0) is 16.2 Å². The second kappa shape index (κ2) is 7.98. The van der Waals surface area contributed by atoms with Crippen LogP contribution in [0.3, 0.4) is 0 Å². The number of hydrogen-bond donors (Lipinski definition) is 1. The van der Waals surface area contributed by atoms with Crippen LogP contribution in [0.4, 0.5) is 13.2 Å². The van der Waals surface area contributed by atoms with E-state index >= 15 is 0 Å². The fourth-order valence-electron chi connectivity index (χ4n) is 1.71. The molecule has 0 saturated heterocycles. The van der Waals surface area contributed by atoms with E-state index in [1.54, 1.807) is 32.9 Å². The van der Waals surface area contributed by atoms with Gasteiger partial charge in [-0.2, -0.15) is 13.2 Å². The molecule has 0 aromatic carbocycles. The number of aromatic nitrogens is 1. The molecule has 9 heteroatoms. The molecular formula is C15H19F3N2O3S. The summed E-state index contributed by atoms with van der Waals surface area (Å²) in [5.74, 6) is -3.69. The summed E-state index contributed by atoms with van der Waals surface area (Å²) in [6, 6.07) is 4.60. The van der Waals surface area contributed by atoms with Gasteiger partial charge in [0.2, 0.25) is 0 Å². The molecule has 0 fully saturated rings. The number of aliphatic carboxylic acids is 1. The topological polar surface area (TPSA) is 85.6 Å². The normalized spacial score (nSPS) is 15.9. The number of pyridine rings is 1. The van der Waals surface area contributed by atoms with Crippen LogP contribution in [0.2, 0.25) is 0 Å². The van der Waals surface area contributed by atoms with Crippen LogP contribution in [0.25, 0.3) is 0 Å². The van der Waals surface area contributed by atoms with Gasteiger partial charge in [0.1, 0.15) is 21.8 Å². The molecule has 0 aliphatic carbocycles. The van der Waals surface area contributed by atoms with Crippen molar-refractivity contribution < 1.29 is 27.6 Å². The van der Waals surface area contributed by atoms with Crippen molar-refractivity contribution in [2.45, 2.75) is 44.5 Å². The number of carboxylic acids is 1. The molecule has 134 valence electrons. The molecule has 1 unspecified atom stereocenters. The summed E-state index contributed by atoms with van der Waals surface area (Å²) in [7, 11) is 0. The van der Waals surface area contributed by atoms with E-state index in [-0.39, 0.29) is 11.4 Å². The van der Waals surface area contributed by atoms with Crippen molar-refractivity contribution in [3.8, 4) is 0 Å². The molecule has 0 bridgehead atoms. The quantitative estimate of drug-likeness (QED) is 0.619. The maximum absolute atomic E-state index is 13.1. The molecule has 5 nitrogen and oxygen atoms in total. The third-order valence-electron chi connectivity index (χ3n) is 3.00. The molecule has 0 spiro atoms. The van der Waals surface area contributed by atoms with Crippen LogP contribution in [0.1, 0.15) is 39.3 Å². The summed E-state index contributed by atoms with van der Waals surface area (Å²) in [4.78, 5) is 14.7. The van der Waals surface area contributed by atoms with Gasteiger partial charge in [-0.05, 0) is 32.9 Å². The molecular weight excluding hydrogens is 345 g/mol. The Labute approximate surface area is 141 Å². The zero-order valence-electron chi connectivity index (χ0n) is 13.5. The highest BCUT2D eigenvalue weighted by molar-refractivity contribution is 7.91. The minimum atomic E-state index is -4.71. The standard InChI is InChI=1S/C15H19F3N2O3S/c1-14(2,3)24(23)20-12(11-6-4-5-7-19-11)8-10(9-13(21)22)15(16,17)18/h4-7,10H,8-9H2,1-3H3,(H,21,22)/t10?,24-/m1/s1. The number of nitrogens with zero attached hydrogens (tertiary/aromatic N) is 2. The lowest BCUT2D eigenvalue weighted by Gasteiger charge is -2.22. The van der Waals surface area contributed by atoms with Gasteiger partial charge in [0, 0.05) is 12.6 Å². The summed E-state index contributed by atoms with van der Waals surface area (Å²) >= 11 is -1.79. The van der Waals surface area contributed by atoms with E-state index in [0.29, 0.717) is 0 Å². The molecule has 0 saturated carbocycles. The van der Waals surface area contributed by atoms with Crippen molar-refractivity contribution in [3.63, 3.8) is 0 Å². The van der Waals surface area contributed by atoms with Crippen LogP contribution < -0.4 is 0 Å². The number of hydrogen-bond acceptors (Lipinski definition) is 4. The molecule has 1 heterocycles. The first kappa shape index (κ1) is 20.4. The van der Waals surface area contributed by atoms with Crippen molar-refractivity contribution in [2.24, 2.45) is 10.3 Å². The number of halogens is 3. The Kier molecular flexibility index (Phi) is 6.79. The summed E-state index contributed by atoms with van der Waals surface area (Å²) in [5.41, 5.74) is 0.0298. The van der Waals surface area contributed by atoms with Crippen molar-refractivity contribution in [1.82, 2.24) is 4.98 Å². The predicted octanol–water partition coefficient (Wildman–Crippen LogP) is 3.38. The van der Waals surface area contributed by atoms with Crippen LogP contribution in [-0.4, -0.2) is 37.2 Å². The molecule has 1 aromatic rings. The van der Waals surface area contributed by atoms with Crippen LogP contribution in [0.5, 0.6) is 0 Å². The Morgan fingerprint density at radius 1 is 1.33 bits per heavy atom. The first-order chi connectivity index (χ1) is 10.9. The van der Waals surface area contributed by atoms with Gasteiger partial charge in [-0.25, -0.2) is 0 Å². The average molecular weight is 364 g/mol. The van der Waals surface area contributed by atoms with Crippen molar-refractivity contribution >= 4 is 23.0 Å². The van der Waals surface area contributed by atoms with Gasteiger partial charge in [-0.1, -0.05) is 10.5 Å². The lowest BCUT2D eigenvalue weighted by Crippen LogP contribution is -2.31. The number of rotatable bonds is 6. The highest BCUT2D eigenvalue weighted by atomic mass is 32.2. The van der Waals surface area contributed by atoms with Gasteiger partial charge in [0.25, 0.3) is 0 Å². The van der Waals surface area contributed by atoms with E-state index in [2.05, 4.69) is 9.38 Å². The fourth-order valence-corrected chi connectivity index (χ4v) is 2.35. The number of carboxylic acid groups (broad SMARTS) is 1.